The van der Waals surface area contributed by atoms with Crippen molar-refractivity contribution in [1.82, 2.24) is 15.6 Å². The van der Waals surface area contributed by atoms with Gasteiger partial charge in [-0.15, -0.1) is 11.3 Å². The van der Waals surface area contributed by atoms with Crippen LogP contribution in [0.1, 0.15) is 31.3 Å². The van der Waals surface area contributed by atoms with E-state index in [0.717, 1.165) is 19.5 Å². The first-order valence-corrected chi connectivity index (χ1v) is 6.43. The van der Waals surface area contributed by atoms with Crippen molar-refractivity contribution in [2.45, 2.75) is 26.3 Å². The summed E-state index contributed by atoms with van der Waals surface area (Å²) in [6.07, 6.45) is 2.97. The van der Waals surface area contributed by atoms with Crippen LogP contribution in [0, 0.1) is 5.92 Å². The van der Waals surface area contributed by atoms with E-state index in [1.54, 1.807) is 11.3 Å². The SMILES string of the molecule is CCC(NCC(C)CNC)c1nccs1. The van der Waals surface area contributed by atoms with Gasteiger partial charge in [-0.1, -0.05) is 13.8 Å². The van der Waals surface area contributed by atoms with Crippen LogP contribution in [0.5, 0.6) is 0 Å². The van der Waals surface area contributed by atoms with Gasteiger partial charge >= 0.3 is 0 Å². The second-order valence-corrected chi connectivity index (χ2v) is 4.83. The van der Waals surface area contributed by atoms with E-state index in [1.165, 1.54) is 5.01 Å². The predicted molar refractivity (Wildman–Crippen MR) is 66.2 cm³/mol. The molecule has 0 saturated heterocycles. The van der Waals surface area contributed by atoms with Crippen molar-refractivity contribution in [2.24, 2.45) is 5.92 Å². The number of thiazole rings is 1. The molecule has 2 unspecified atom stereocenters. The molecular formula is C11H21N3S. The van der Waals surface area contributed by atoms with Gasteiger partial charge in [0.2, 0.25) is 0 Å². The van der Waals surface area contributed by atoms with E-state index in [0.29, 0.717) is 12.0 Å². The summed E-state index contributed by atoms with van der Waals surface area (Å²) >= 11 is 1.73. The third-order valence-electron chi connectivity index (χ3n) is 2.42. The van der Waals surface area contributed by atoms with Crippen LogP contribution in [-0.2, 0) is 0 Å². The molecule has 15 heavy (non-hydrogen) atoms. The minimum atomic E-state index is 0.421. The van der Waals surface area contributed by atoms with E-state index in [4.69, 9.17) is 0 Å². The van der Waals surface area contributed by atoms with Gasteiger partial charge in [-0.05, 0) is 32.5 Å². The number of rotatable bonds is 7. The third-order valence-corrected chi connectivity index (χ3v) is 3.31. The first-order chi connectivity index (χ1) is 7.27. The monoisotopic (exact) mass is 227 g/mol. The van der Waals surface area contributed by atoms with E-state index in [2.05, 4.69) is 29.5 Å². The Balaban J connectivity index is 2.35. The van der Waals surface area contributed by atoms with Crippen molar-refractivity contribution >= 4 is 11.3 Å². The third kappa shape index (κ3) is 4.28. The summed E-state index contributed by atoms with van der Waals surface area (Å²) in [5.41, 5.74) is 0. The van der Waals surface area contributed by atoms with Crippen LogP contribution in [0.2, 0.25) is 0 Å². The fraction of sp³-hybridized carbons (Fsp3) is 0.727. The second-order valence-electron chi connectivity index (χ2n) is 3.90. The van der Waals surface area contributed by atoms with Crippen LogP contribution >= 0.6 is 11.3 Å². The molecule has 3 nitrogen and oxygen atoms in total. The minimum Gasteiger partial charge on any atom is -0.319 e. The summed E-state index contributed by atoms with van der Waals surface area (Å²) in [6, 6.07) is 0.421. The average Bonchev–Trinajstić information content (AvgIpc) is 2.72. The Morgan fingerprint density at radius 1 is 1.47 bits per heavy atom. The predicted octanol–water partition coefficient (Wildman–Crippen LogP) is 2.04. The van der Waals surface area contributed by atoms with Gasteiger partial charge in [-0.2, -0.15) is 0 Å². The highest BCUT2D eigenvalue weighted by atomic mass is 32.1. The molecular weight excluding hydrogens is 206 g/mol. The van der Waals surface area contributed by atoms with Gasteiger partial charge in [-0.25, -0.2) is 4.98 Å². The summed E-state index contributed by atoms with van der Waals surface area (Å²) < 4.78 is 0. The Morgan fingerprint density at radius 3 is 2.80 bits per heavy atom. The Bertz CT molecular complexity index is 248. The van der Waals surface area contributed by atoms with Gasteiger partial charge in [0, 0.05) is 11.6 Å². The molecule has 1 aromatic rings. The van der Waals surface area contributed by atoms with E-state index in [1.807, 2.05) is 18.6 Å². The maximum Gasteiger partial charge on any atom is 0.109 e. The van der Waals surface area contributed by atoms with Crippen LogP contribution in [0.15, 0.2) is 11.6 Å². The molecule has 0 amide bonds. The molecule has 0 radical (unpaired) electrons. The largest absolute Gasteiger partial charge is 0.319 e. The molecule has 1 rings (SSSR count). The topological polar surface area (TPSA) is 37.0 Å². The number of nitrogens with one attached hydrogen (secondary N) is 2. The van der Waals surface area contributed by atoms with Crippen LogP contribution in [0.4, 0.5) is 0 Å². The Hall–Kier alpha value is -0.450. The lowest BCUT2D eigenvalue weighted by Crippen LogP contribution is -2.30. The zero-order valence-corrected chi connectivity index (χ0v) is 10.6. The van der Waals surface area contributed by atoms with Crippen molar-refractivity contribution in [3.8, 4) is 0 Å². The number of hydrogen-bond donors (Lipinski definition) is 2. The summed E-state index contributed by atoms with van der Waals surface area (Å²) in [7, 11) is 1.99. The molecule has 0 aromatic carbocycles. The minimum absolute atomic E-state index is 0.421. The molecule has 4 heteroatoms. The van der Waals surface area contributed by atoms with Gasteiger partial charge in [0.15, 0.2) is 0 Å². The highest BCUT2D eigenvalue weighted by Gasteiger charge is 2.12. The van der Waals surface area contributed by atoms with Crippen LogP contribution in [0.25, 0.3) is 0 Å². The smallest absolute Gasteiger partial charge is 0.109 e. The molecule has 0 aliphatic heterocycles. The lowest BCUT2D eigenvalue weighted by atomic mass is 10.1. The average molecular weight is 227 g/mol. The molecule has 2 N–H and O–H groups in total. The van der Waals surface area contributed by atoms with Crippen LogP contribution in [0.3, 0.4) is 0 Å². The summed E-state index contributed by atoms with van der Waals surface area (Å²) in [5, 5.41) is 10.00. The molecule has 0 spiro atoms. The number of hydrogen-bond acceptors (Lipinski definition) is 4. The standard InChI is InChI=1S/C11H21N3S/c1-4-10(11-13-5-6-15-11)14-8-9(2)7-12-3/h5-6,9-10,12,14H,4,7-8H2,1-3H3. The highest BCUT2D eigenvalue weighted by Crippen LogP contribution is 2.18. The lowest BCUT2D eigenvalue weighted by molar-refractivity contribution is 0.434. The molecule has 86 valence electrons. The van der Waals surface area contributed by atoms with Gasteiger partial charge < -0.3 is 10.6 Å². The molecule has 0 fully saturated rings. The fourth-order valence-corrected chi connectivity index (χ4v) is 2.37. The van der Waals surface area contributed by atoms with Crippen molar-refractivity contribution in [3.05, 3.63) is 16.6 Å². The quantitative estimate of drug-likeness (QED) is 0.748. The van der Waals surface area contributed by atoms with Gasteiger partial charge in [0.05, 0.1) is 6.04 Å². The Labute approximate surface area is 96.3 Å². The molecule has 1 heterocycles. The van der Waals surface area contributed by atoms with Gasteiger partial charge in [0.1, 0.15) is 5.01 Å². The van der Waals surface area contributed by atoms with Crippen LogP contribution < -0.4 is 10.6 Å². The van der Waals surface area contributed by atoms with Gasteiger partial charge in [-0.3, -0.25) is 0 Å². The zero-order chi connectivity index (χ0) is 11.1. The Morgan fingerprint density at radius 2 is 2.27 bits per heavy atom. The first-order valence-electron chi connectivity index (χ1n) is 5.55. The van der Waals surface area contributed by atoms with E-state index in [-0.39, 0.29) is 0 Å². The fourth-order valence-electron chi connectivity index (χ4n) is 1.58. The zero-order valence-electron chi connectivity index (χ0n) is 9.79. The molecule has 2 atom stereocenters. The molecule has 1 aromatic heterocycles. The Kier molecular flexibility index (Phi) is 5.83. The number of nitrogens with zero attached hydrogens (tertiary/aromatic N) is 1. The summed E-state index contributed by atoms with van der Waals surface area (Å²) in [6.45, 7) is 6.54. The highest BCUT2D eigenvalue weighted by molar-refractivity contribution is 7.09. The molecule has 0 aliphatic rings. The maximum atomic E-state index is 4.35. The van der Waals surface area contributed by atoms with E-state index >= 15 is 0 Å². The van der Waals surface area contributed by atoms with Crippen molar-refractivity contribution < 1.29 is 0 Å². The maximum absolute atomic E-state index is 4.35. The van der Waals surface area contributed by atoms with E-state index in [9.17, 15) is 0 Å². The molecule has 0 saturated carbocycles. The normalized spacial score (nSPS) is 15.1. The second kappa shape index (κ2) is 6.93. The van der Waals surface area contributed by atoms with E-state index < -0.39 is 0 Å². The lowest BCUT2D eigenvalue weighted by Gasteiger charge is -2.18. The van der Waals surface area contributed by atoms with Crippen molar-refractivity contribution in [2.75, 3.05) is 20.1 Å². The number of aromatic nitrogens is 1. The summed E-state index contributed by atoms with van der Waals surface area (Å²) in [5.74, 6) is 0.656. The van der Waals surface area contributed by atoms with Crippen molar-refractivity contribution in [3.63, 3.8) is 0 Å². The van der Waals surface area contributed by atoms with Gasteiger partial charge in [0.25, 0.3) is 0 Å². The van der Waals surface area contributed by atoms with Crippen LogP contribution in [-0.4, -0.2) is 25.1 Å². The first kappa shape index (κ1) is 12.6. The molecule has 0 bridgehead atoms. The summed E-state index contributed by atoms with van der Waals surface area (Å²) in [4.78, 5) is 4.35. The molecule has 0 aliphatic carbocycles. The van der Waals surface area contributed by atoms with Crippen molar-refractivity contribution in [1.29, 1.82) is 0 Å².